The molecular formula is C17H26N4OS. The summed E-state index contributed by atoms with van der Waals surface area (Å²) < 4.78 is 0. The lowest BCUT2D eigenvalue weighted by atomic mass is 10.3. The summed E-state index contributed by atoms with van der Waals surface area (Å²) in [5.41, 5.74) is 0. The maximum absolute atomic E-state index is 11.6. The fourth-order valence-electron chi connectivity index (χ4n) is 2.06. The van der Waals surface area contributed by atoms with Gasteiger partial charge in [0.15, 0.2) is 5.96 Å². The predicted molar refractivity (Wildman–Crippen MR) is 96.9 cm³/mol. The highest BCUT2D eigenvalue weighted by atomic mass is 32.2. The molecule has 0 heterocycles. The van der Waals surface area contributed by atoms with E-state index in [1.807, 2.05) is 17.8 Å². The number of nitrogens with zero attached hydrogens (tertiary/aromatic N) is 1. The van der Waals surface area contributed by atoms with Crippen LogP contribution in [-0.2, 0) is 4.79 Å². The van der Waals surface area contributed by atoms with Gasteiger partial charge >= 0.3 is 0 Å². The monoisotopic (exact) mass is 334 g/mol. The molecule has 0 saturated heterocycles. The minimum atomic E-state index is 0.163. The fraction of sp³-hybridized carbons (Fsp3) is 0.529. The predicted octanol–water partition coefficient (Wildman–Crippen LogP) is 2.00. The van der Waals surface area contributed by atoms with Crippen LogP contribution in [0.2, 0.25) is 0 Å². The second-order valence-electron chi connectivity index (χ2n) is 5.53. The SMILES string of the molecule is CN=C(NCCCC(=O)NC1CC1)NCCSc1ccccc1. The number of aliphatic imine (C=N–C) groups is 1. The van der Waals surface area contributed by atoms with Gasteiger partial charge in [-0.3, -0.25) is 9.79 Å². The summed E-state index contributed by atoms with van der Waals surface area (Å²) in [4.78, 5) is 17.0. The van der Waals surface area contributed by atoms with Crippen molar-refractivity contribution in [3.8, 4) is 0 Å². The minimum absolute atomic E-state index is 0.163. The third-order valence-corrected chi connectivity index (χ3v) is 4.46. The lowest BCUT2D eigenvalue weighted by molar-refractivity contribution is -0.121. The average Bonchev–Trinajstić information content (AvgIpc) is 3.38. The molecule has 0 aromatic heterocycles. The van der Waals surface area contributed by atoms with Crippen LogP contribution in [0.15, 0.2) is 40.2 Å². The molecule has 0 spiro atoms. The van der Waals surface area contributed by atoms with Gasteiger partial charge in [0.05, 0.1) is 0 Å². The zero-order valence-corrected chi connectivity index (χ0v) is 14.5. The van der Waals surface area contributed by atoms with Crippen molar-refractivity contribution in [2.75, 3.05) is 25.9 Å². The van der Waals surface area contributed by atoms with E-state index in [1.165, 1.54) is 4.90 Å². The number of hydrogen-bond acceptors (Lipinski definition) is 3. The van der Waals surface area contributed by atoms with Crippen LogP contribution in [0, 0.1) is 0 Å². The first-order valence-electron chi connectivity index (χ1n) is 8.19. The van der Waals surface area contributed by atoms with E-state index in [4.69, 9.17) is 0 Å². The van der Waals surface area contributed by atoms with E-state index in [0.29, 0.717) is 12.5 Å². The highest BCUT2D eigenvalue weighted by Crippen LogP contribution is 2.18. The summed E-state index contributed by atoms with van der Waals surface area (Å²) in [7, 11) is 1.76. The minimum Gasteiger partial charge on any atom is -0.356 e. The Morgan fingerprint density at radius 2 is 1.96 bits per heavy atom. The molecule has 1 aliphatic rings. The lowest BCUT2D eigenvalue weighted by Gasteiger charge is -2.11. The van der Waals surface area contributed by atoms with Gasteiger partial charge in [0, 0.05) is 43.2 Å². The topological polar surface area (TPSA) is 65.5 Å². The molecule has 1 aliphatic carbocycles. The number of guanidine groups is 1. The normalized spacial score (nSPS) is 14.4. The second kappa shape index (κ2) is 10.2. The summed E-state index contributed by atoms with van der Waals surface area (Å²) in [6.45, 7) is 1.60. The quantitative estimate of drug-likeness (QED) is 0.280. The zero-order chi connectivity index (χ0) is 16.3. The third kappa shape index (κ3) is 7.93. The Kier molecular flexibility index (Phi) is 7.80. The van der Waals surface area contributed by atoms with Crippen LogP contribution in [0.3, 0.4) is 0 Å². The van der Waals surface area contributed by atoms with Crippen LogP contribution in [0.25, 0.3) is 0 Å². The molecule has 1 saturated carbocycles. The average molecular weight is 334 g/mol. The molecular weight excluding hydrogens is 308 g/mol. The molecule has 0 radical (unpaired) electrons. The summed E-state index contributed by atoms with van der Waals surface area (Å²) in [6.07, 6.45) is 3.67. The maximum Gasteiger partial charge on any atom is 0.220 e. The highest BCUT2D eigenvalue weighted by Gasteiger charge is 2.22. The van der Waals surface area contributed by atoms with Gasteiger partial charge in [-0.05, 0) is 31.4 Å². The molecule has 126 valence electrons. The Morgan fingerprint density at radius 1 is 1.22 bits per heavy atom. The second-order valence-corrected chi connectivity index (χ2v) is 6.70. The molecule has 0 bridgehead atoms. The lowest BCUT2D eigenvalue weighted by Crippen LogP contribution is -2.39. The molecule has 23 heavy (non-hydrogen) atoms. The van der Waals surface area contributed by atoms with E-state index in [9.17, 15) is 4.79 Å². The van der Waals surface area contributed by atoms with Gasteiger partial charge < -0.3 is 16.0 Å². The van der Waals surface area contributed by atoms with Crippen molar-refractivity contribution in [3.63, 3.8) is 0 Å². The third-order valence-electron chi connectivity index (χ3n) is 3.45. The molecule has 2 rings (SSSR count). The van der Waals surface area contributed by atoms with Crippen molar-refractivity contribution in [2.45, 2.75) is 36.6 Å². The van der Waals surface area contributed by atoms with Crippen LogP contribution < -0.4 is 16.0 Å². The number of thioether (sulfide) groups is 1. The maximum atomic E-state index is 11.6. The van der Waals surface area contributed by atoms with E-state index >= 15 is 0 Å². The molecule has 0 unspecified atom stereocenters. The molecule has 1 fully saturated rings. The Bertz CT molecular complexity index is 503. The highest BCUT2D eigenvalue weighted by molar-refractivity contribution is 7.99. The number of carbonyl (C=O) groups is 1. The first kappa shape index (κ1) is 17.7. The summed E-state index contributed by atoms with van der Waals surface area (Å²) in [6, 6.07) is 10.8. The molecule has 0 aliphatic heterocycles. The van der Waals surface area contributed by atoms with E-state index in [0.717, 1.165) is 44.1 Å². The van der Waals surface area contributed by atoms with Gasteiger partial charge in [0.2, 0.25) is 5.91 Å². The molecule has 1 amide bonds. The van der Waals surface area contributed by atoms with Crippen molar-refractivity contribution < 1.29 is 4.79 Å². The number of hydrogen-bond donors (Lipinski definition) is 3. The van der Waals surface area contributed by atoms with Crippen LogP contribution in [0.4, 0.5) is 0 Å². The van der Waals surface area contributed by atoms with Crippen molar-refractivity contribution in [1.29, 1.82) is 0 Å². The zero-order valence-electron chi connectivity index (χ0n) is 13.7. The van der Waals surface area contributed by atoms with Gasteiger partial charge in [-0.15, -0.1) is 11.8 Å². The largest absolute Gasteiger partial charge is 0.356 e. The molecule has 6 heteroatoms. The van der Waals surface area contributed by atoms with Gasteiger partial charge in [-0.1, -0.05) is 18.2 Å². The summed E-state index contributed by atoms with van der Waals surface area (Å²) in [5.74, 6) is 1.94. The Balaban J connectivity index is 1.50. The van der Waals surface area contributed by atoms with E-state index in [1.54, 1.807) is 7.05 Å². The molecule has 0 atom stereocenters. The van der Waals surface area contributed by atoms with Crippen molar-refractivity contribution in [3.05, 3.63) is 30.3 Å². The van der Waals surface area contributed by atoms with Gasteiger partial charge in [0.25, 0.3) is 0 Å². The Labute approximate surface area is 142 Å². The molecule has 3 N–H and O–H groups in total. The Hall–Kier alpha value is -1.69. The number of rotatable bonds is 9. The van der Waals surface area contributed by atoms with Gasteiger partial charge in [-0.2, -0.15) is 0 Å². The van der Waals surface area contributed by atoms with Crippen molar-refractivity contribution >= 4 is 23.6 Å². The fourth-order valence-corrected chi connectivity index (χ4v) is 2.85. The van der Waals surface area contributed by atoms with E-state index < -0.39 is 0 Å². The van der Waals surface area contributed by atoms with Crippen molar-refractivity contribution in [2.24, 2.45) is 4.99 Å². The first-order chi connectivity index (χ1) is 11.3. The number of amides is 1. The molecule has 5 nitrogen and oxygen atoms in total. The number of benzene rings is 1. The summed E-state index contributed by atoms with van der Waals surface area (Å²) in [5, 5.41) is 9.53. The first-order valence-corrected chi connectivity index (χ1v) is 9.18. The molecule has 1 aromatic carbocycles. The number of nitrogens with one attached hydrogen (secondary N) is 3. The number of carbonyl (C=O) groups excluding carboxylic acids is 1. The molecule has 1 aromatic rings. The smallest absolute Gasteiger partial charge is 0.220 e. The summed E-state index contributed by atoms with van der Waals surface area (Å²) >= 11 is 1.82. The van der Waals surface area contributed by atoms with E-state index in [2.05, 4.69) is 45.2 Å². The van der Waals surface area contributed by atoms with Gasteiger partial charge in [0.1, 0.15) is 0 Å². The van der Waals surface area contributed by atoms with Gasteiger partial charge in [-0.25, -0.2) is 0 Å². The Morgan fingerprint density at radius 3 is 2.65 bits per heavy atom. The van der Waals surface area contributed by atoms with Crippen LogP contribution in [0.1, 0.15) is 25.7 Å². The van der Waals surface area contributed by atoms with E-state index in [-0.39, 0.29) is 5.91 Å². The van der Waals surface area contributed by atoms with Crippen molar-refractivity contribution in [1.82, 2.24) is 16.0 Å². The van der Waals surface area contributed by atoms with Crippen LogP contribution in [0.5, 0.6) is 0 Å². The van der Waals surface area contributed by atoms with Crippen LogP contribution in [-0.4, -0.2) is 43.8 Å². The standard InChI is InChI=1S/C17H26N4OS/c1-18-17(19-11-5-8-16(22)21-14-9-10-14)20-12-13-23-15-6-3-2-4-7-15/h2-4,6-7,14H,5,8-13H2,1H3,(H,21,22)(H2,18,19,20). The van der Waals surface area contributed by atoms with Crippen LogP contribution >= 0.6 is 11.8 Å².